The van der Waals surface area contributed by atoms with Gasteiger partial charge in [-0.05, 0) is 31.0 Å². The van der Waals surface area contributed by atoms with E-state index in [-0.39, 0.29) is 11.8 Å². The number of anilines is 1. The van der Waals surface area contributed by atoms with Crippen LogP contribution in [0.15, 0.2) is 30.4 Å². The Hall–Kier alpha value is -2.87. The van der Waals surface area contributed by atoms with Crippen LogP contribution in [0.1, 0.15) is 12.8 Å². The summed E-state index contributed by atoms with van der Waals surface area (Å²) in [5, 5.41) is 2.85. The molecular formula is C19H19ClN2O6. The fraction of sp³-hybridized carbons (Fsp3) is 0.368. The van der Waals surface area contributed by atoms with Crippen LogP contribution >= 0.6 is 11.6 Å². The second-order valence-electron chi connectivity index (χ2n) is 6.48. The standard InChI is InChI=1S/C19H19ClN2O6/c1-27-15-7-6-11(8-14(15)20)21-16(23)10-28-17(24)9-22-18(25)12-4-2-3-5-13(12)19(22)26/h2-3,6-8,12-13H,4-5,9-10H2,1H3,(H,21,23)/t12-,13+. The van der Waals surface area contributed by atoms with E-state index in [9.17, 15) is 19.2 Å². The van der Waals surface area contributed by atoms with E-state index in [0.717, 1.165) is 4.90 Å². The van der Waals surface area contributed by atoms with Crippen molar-refractivity contribution in [1.82, 2.24) is 4.90 Å². The highest BCUT2D eigenvalue weighted by atomic mass is 35.5. The third-order valence-electron chi connectivity index (χ3n) is 4.69. The van der Waals surface area contributed by atoms with E-state index in [1.54, 1.807) is 12.1 Å². The lowest BCUT2D eigenvalue weighted by atomic mass is 9.85. The van der Waals surface area contributed by atoms with E-state index in [0.29, 0.717) is 29.3 Å². The molecule has 0 saturated carbocycles. The fourth-order valence-corrected chi connectivity index (χ4v) is 3.54. The van der Waals surface area contributed by atoms with Crippen LogP contribution in [0, 0.1) is 11.8 Å². The van der Waals surface area contributed by atoms with Crippen molar-refractivity contribution in [3.05, 3.63) is 35.4 Å². The zero-order valence-electron chi connectivity index (χ0n) is 15.1. The first-order chi connectivity index (χ1) is 13.4. The third-order valence-corrected chi connectivity index (χ3v) is 4.98. The molecule has 2 aliphatic rings. The fourth-order valence-electron chi connectivity index (χ4n) is 3.29. The Morgan fingerprint density at radius 1 is 1.18 bits per heavy atom. The summed E-state index contributed by atoms with van der Waals surface area (Å²) < 4.78 is 9.91. The summed E-state index contributed by atoms with van der Waals surface area (Å²) in [5.74, 6) is -2.49. The maximum absolute atomic E-state index is 12.3. The first-order valence-electron chi connectivity index (χ1n) is 8.70. The van der Waals surface area contributed by atoms with Crippen LogP contribution in [0.3, 0.4) is 0 Å². The number of esters is 1. The monoisotopic (exact) mass is 406 g/mol. The lowest BCUT2D eigenvalue weighted by molar-refractivity contribution is -0.154. The van der Waals surface area contributed by atoms with E-state index >= 15 is 0 Å². The number of halogens is 1. The van der Waals surface area contributed by atoms with E-state index in [4.69, 9.17) is 21.1 Å². The molecule has 0 bridgehead atoms. The van der Waals surface area contributed by atoms with Crippen molar-refractivity contribution < 1.29 is 28.7 Å². The predicted octanol–water partition coefficient (Wildman–Crippen LogP) is 1.78. The molecule has 1 aromatic rings. The van der Waals surface area contributed by atoms with E-state index in [2.05, 4.69) is 5.32 Å². The molecule has 0 radical (unpaired) electrons. The largest absolute Gasteiger partial charge is 0.495 e. The number of likely N-dealkylation sites (tertiary alicyclic amines) is 1. The van der Waals surface area contributed by atoms with Gasteiger partial charge in [-0.1, -0.05) is 23.8 Å². The molecule has 0 aromatic heterocycles. The lowest BCUT2D eigenvalue weighted by Gasteiger charge is -2.14. The van der Waals surface area contributed by atoms with Gasteiger partial charge < -0.3 is 14.8 Å². The normalized spacial score (nSPS) is 20.7. The number of carbonyl (C=O) groups excluding carboxylic acids is 4. The van der Waals surface area contributed by atoms with E-state index in [1.807, 2.05) is 12.2 Å². The molecule has 2 atom stereocenters. The van der Waals surface area contributed by atoms with Gasteiger partial charge in [0.2, 0.25) is 11.8 Å². The van der Waals surface area contributed by atoms with Crippen LogP contribution in [-0.4, -0.2) is 48.9 Å². The van der Waals surface area contributed by atoms with Gasteiger partial charge in [0.1, 0.15) is 12.3 Å². The molecule has 1 N–H and O–H groups in total. The summed E-state index contributed by atoms with van der Waals surface area (Å²) in [6.07, 6.45) is 4.72. The van der Waals surface area contributed by atoms with Gasteiger partial charge in [0.15, 0.2) is 6.61 Å². The summed E-state index contributed by atoms with van der Waals surface area (Å²) in [4.78, 5) is 49.5. The molecule has 1 fully saturated rings. The first-order valence-corrected chi connectivity index (χ1v) is 9.07. The molecule has 3 rings (SSSR count). The van der Waals surface area contributed by atoms with Gasteiger partial charge in [0, 0.05) is 5.69 Å². The van der Waals surface area contributed by atoms with Crippen molar-refractivity contribution in [1.29, 1.82) is 0 Å². The van der Waals surface area contributed by atoms with Crippen LogP contribution in [0.5, 0.6) is 5.75 Å². The SMILES string of the molecule is COc1ccc(NC(=O)COC(=O)CN2C(=O)[C@H]3CC=CC[C@H]3C2=O)cc1Cl. The first kappa shape index (κ1) is 19.9. The Morgan fingerprint density at radius 3 is 2.39 bits per heavy atom. The van der Waals surface area contributed by atoms with Crippen molar-refractivity contribution in [2.75, 3.05) is 25.6 Å². The van der Waals surface area contributed by atoms with Gasteiger partial charge in [-0.2, -0.15) is 0 Å². The summed E-state index contributed by atoms with van der Waals surface area (Å²) in [6, 6.07) is 4.67. The van der Waals surface area contributed by atoms with Gasteiger partial charge in [-0.3, -0.25) is 24.1 Å². The molecule has 3 amide bonds. The smallest absolute Gasteiger partial charge is 0.326 e. The number of hydrogen-bond acceptors (Lipinski definition) is 6. The summed E-state index contributed by atoms with van der Waals surface area (Å²) in [5.41, 5.74) is 0.410. The highest BCUT2D eigenvalue weighted by Crippen LogP contribution is 2.34. The minimum atomic E-state index is -0.823. The van der Waals surface area contributed by atoms with Gasteiger partial charge in [0.25, 0.3) is 5.91 Å². The number of nitrogens with one attached hydrogen (secondary N) is 1. The minimum absolute atomic E-state index is 0.319. The van der Waals surface area contributed by atoms with Crippen LogP contribution in [0.25, 0.3) is 0 Å². The number of rotatable bonds is 6. The zero-order chi connectivity index (χ0) is 20.3. The molecule has 0 spiro atoms. The van der Waals surface area contributed by atoms with Gasteiger partial charge in [-0.15, -0.1) is 0 Å². The van der Waals surface area contributed by atoms with Crippen LogP contribution in [-0.2, 0) is 23.9 Å². The third kappa shape index (κ3) is 4.17. The van der Waals surface area contributed by atoms with Gasteiger partial charge in [-0.25, -0.2) is 0 Å². The van der Waals surface area contributed by atoms with Crippen molar-refractivity contribution in [3.8, 4) is 5.75 Å². The topological polar surface area (TPSA) is 102 Å². The molecule has 28 heavy (non-hydrogen) atoms. The number of fused-ring (bicyclic) bond motifs is 1. The lowest BCUT2D eigenvalue weighted by Crippen LogP contribution is -2.37. The number of methoxy groups -OCH3 is 1. The molecule has 1 heterocycles. The molecule has 9 heteroatoms. The maximum Gasteiger partial charge on any atom is 0.326 e. The molecule has 1 aliphatic carbocycles. The number of amides is 3. The Kier molecular flexibility index (Phi) is 5.99. The quantitative estimate of drug-likeness (QED) is 0.439. The van der Waals surface area contributed by atoms with Gasteiger partial charge in [0.05, 0.1) is 24.0 Å². The number of imide groups is 1. The molecule has 148 valence electrons. The zero-order valence-corrected chi connectivity index (χ0v) is 15.9. The Bertz CT molecular complexity index is 827. The average Bonchev–Trinajstić information content (AvgIpc) is 2.92. The minimum Gasteiger partial charge on any atom is -0.495 e. The second-order valence-corrected chi connectivity index (χ2v) is 6.88. The molecular weight excluding hydrogens is 388 g/mol. The number of ether oxygens (including phenoxy) is 2. The molecule has 0 unspecified atom stereocenters. The molecule has 1 aliphatic heterocycles. The Balaban J connectivity index is 1.49. The van der Waals surface area contributed by atoms with Crippen molar-refractivity contribution in [2.45, 2.75) is 12.8 Å². The highest BCUT2D eigenvalue weighted by Gasteiger charge is 2.47. The van der Waals surface area contributed by atoms with E-state index in [1.165, 1.54) is 13.2 Å². The highest BCUT2D eigenvalue weighted by molar-refractivity contribution is 6.32. The summed E-state index contributed by atoms with van der Waals surface area (Å²) in [7, 11) is 1.47. The van der Waals surface area contributed by atoms with Crippen LogP contribution < -0.4 is 10.1 Å². The average molecular weight is 407 g/mol. The summed E-state index contributed by atoms with van der Waals surface area (Å²) >= 11 is 5.98. The van der Waals surface area contributed by atoms with Gasteiger partial charge >= 0.3 is 5.97 Å². The molecule has 1 saturated heterocycles. The van der Waals surface area contributed by atoms with E-state index < -0.39 is 36.9 Å². The predicted molar refractivity (Wildman–Crippen MR) is 99.7 cm³/mol. The number of carbonyl (C=O) groups is 4. The number of nitrogens with zero attached hydrogens (tertiary/aromatic N) is 1. The number of hydrogen-bond donors (Lipinski definition) is 1. The Morgan fingerprint density at radius 2 is 1.82 bits per heavy atom. The Labute approximate surface area is 166 Å². The van der Waals surface area contributed by atoms with Crippen LogP contribution in [0.4, 0.5) is 5.69 Å². The molecule has 1 aromatic carbocycles. The molecule has 8 nitrogen and oxygen atoms in total. The number of benzene rings is 1. The van der Waals surface area contributed by atoms with Crippen molar-refractivity contribution >= 4 is 41.0 Å². The van der Waals surface area contributed by atoms with Crippen LogP contribution in [0.2, 0.25) is 5.02 Å². The second kappa shape index (κ2) is 8.43. The van der Waals surface area contributed by atoms with Crippen molar-refractivity contribution in [2.24, 2.45) is 11.8 Å². The maximum atomic E-state index is 12.3. The summed E-state index contributed by atoms with van der Waals surface area (Å²) in [6.45, 7) is -1.04. The number of allylic oxidation sites excluding steroid dienone is 2. The van der Waals surface area contributed by atoms with Crippen molar-refractivity contribution in [3.63, 3.8) is 0 Å².